The molecule has 0 saturated carbocycles. The van der Waals surface area contributed by atoms with Crippen molar-refractivity contribution >= 4 is 11.6 Å². The van der Waals surface area contributed by atoms with Gasteiger partial charge in [-0.3, -0.25) is 5.10 Å². The summed E-state index contributed by atoms with van der Waals surface area (Å²) in [6.45, 7) is 8.06. The van der Waals surface area contributed by atoms with Gasteiger partial charge in [0.15, 0.2) is 11.5 Å². The summed E-state index contributed by atoms with van der Waals surface area (Å²) in [6, 6.07) is 7.87. The number of nitrogens with one attached hydrogen (secondary N) is 1. The van der Waals surface area contributed by atoms with Gasteiger partial charge in [0.2, 0.25) is 0 Å². The Bertz CT molecular complexity index is 978. The summed E-state index contributed by atoms with van der Waals surface area (Å²) in [5, 5.41) is 8.18. The predicted octanol–water partition coefficient (Wildman–Crippen LogP) is 5.27. The molecule has 140 valence electrons. The molecule has 0 radical (unpaired) electrons. The minimum Gasteiger partial charge on any atom is -0.487 e. The van der Waals surface area contributed by atoms with Gasteiger partial charge < -0.3 is 9.47 Å². The highest BCUT2D eigenvalue weighted by Gasteiger charge is 2.28. The van der Waals surface area contributed by atoms with Crippen LogP contribution in [0.5, 0.6) is 11.5 Å². The van der Waals surface area contributed by atoms with Crippen LogP contribution in [-0.4, -0.2) is 27.4 Å². The molecule has 0 atom stereocenters. The molecule has 0 saturated heterocycles. The zero-order chi connectivity index (χ0) is 19.1. The van der Waals surface area contributed by atoms with Crippen molar-refractivity contribution in [3.63, 3.8) is 0 Å². The lowest BCUT2D eigenvalue weighted by Gasteiger charge is -2.18. The molecule has 3 aromatic rings. The molecule has 0 aliphatic heterocycles. The first-order valence-corrected chi connectivity index (χ1v) is 9.50. The molecule has 1 aliphatic carbocycles. The fraction of sp³-hybridized carbons (Fsp3) is 0.333. The van der Waals surface area contributed by atoms with Gasteiger partial charge in [-0.2, -0.15) is 5.10 Å². The van der Waals surface area contributed by atoms with Gasteiger partial charge in [-0.15, -0.1) is 0 Å². The minimum atomic E-state index is 0.0657. The third-order valence-corrected chi connectivity index (χ3v) is 4.62. The Kier molecular flexibility index (Phi) is 4.56. The molecular formula is C21H22ClN3O2. The Morgan fingerprint density at radius 2 is 1.74 bits per heavy atom. The van der Waals surface area contributed by atoms with E-state index in [1.807, 2.05) is 33.8 Å². The van der Waals surface area contributed by atoms with Gasteiger partial charge in [0.25, 0.3) is 0 Å². The molecule has 6 heteroatoms. The Balaban J connectivity index is 1.77. The zero-order valence-electron chi connectivity index (χ0n) is 15.8. The van der Waals surface area contributed by atoms with Crippen LogP contribution < -0.4 is 9.47 Å². The van der Waals surface area contributed by atoms with E-state index in [1.54, 1.807) is 12.3 Å². The summed E-state index contributed by atoms with van der Waals surface area (Å²) in [5.74, 6) is 1.54. The van der Waals surface area contributed by atoms with Crippen molar-refractivity contribution in [2.75, 3.05) is 0 Å². The van der Waals surface area contributed by atoms with Crippen LogP contribution >= 0.6 is 11.6 Å². The van der Waals surface area contributed by atoms with E-state index >= 15 is 0 Å². The zero-order valence-corrected chi connectivity index (χ0v) is 16.6. The second kappa shape index (κ2) is 6.89. The summed E-state index contributed by atoms with van der Waals surface area (Å²) in [7, 11) is 0. The van der Waals surface area contributed by atoms with E-state index in [2.05, 4.69) is 27.3 Å². The lowest BCUT2D eigenvalue weighted by Crippen LogP contribution is -2.11. The van der Waals surface area contributed by atoms with Gasteiger partial charge in [0.1, 0.15) is 5.15 Å². The molecular weight excluding hydrogens is 362 g/mol. The smallest absolute Gasteiger partial charge is 0.162 e. The maximum Gasteiger partial charge on any atom is 0.162 e. The normalized spacial score (nSPS) is 12.4. The maximum absolute atomic E-state index is 6.01. The van der Waals surface area contributed by atoms with Crippen molar-refractivity contribution in [1.29, 1.82) is 0 Å². The third-order valence-electron chi connectivity index (χ3n) is 4.40. The van der Waals surface area contributed by atoms with Crippen molar-refractivity contribution in [1.82, 2.24) is 15.2 Å². The Hall–Kier alpha value is -2.53. The first-order valence-electron chi connectivity index (χ1n) is 9.12. The fourth-order valence-electron chi connectivity index (χ4n) is 3.38. The van der Waals surface area contributed by atoms with E-state index in [1.165, 1.54) is 5.56 Å². The van der Waals surface area contributed by atoms with Crippen LogP contribution in [0.15, 0.2) is 30.5 Å². The molecule has 0 spiro atoms. The van der Waals surface area contributed by atoms with Crippen LogP contribution in [0.2, 0.25) is 5.15 Å². The number of hydrogen-bond donors (Lipinski definition) is 1. The second-order valence-corrected chi connectivity index (χ2v) is 7.65. The summed E-state index contributed by atoms with van der Waals surface area (Å²) < 4.78 is 12.0. The molecule has 0 fully saturated rings. The molecule has 1 aliphatic rings. The van der Waals surface area contributed by atoms with Crippen molar-refractivity contribution < 1.29 is 9.47 Å². The summed E-state index contributed by atoms with van der Waals surface area (Å²) in [6.07, 6.45) is 2.68. The average molecular weight is 384 g/mol. The summed E-state index contributed by atoms with van der Waals surface area (Å²) in [4.78, 5) is 4.17. The van der Waals surface area contributed by atoms with E-state index in [0.29, 0.717) is 5.15 Å². The molecule has 0 unspecified atom stereocenters. The molecule has 5 nitrogen and oxygen atoms in total. The van der Waals surface area contributed by atoms with Crippen molar-refractivity contribution in [2.24, 2.45) is 0 Å². The lowest BCUT2D eigenvalue weighted by atomic mass is 10.1. The molecule has 0 amide bonds. The van der Waals surface area contributed by atoms with E-state index in [9.17, 15) is 0 Å². The van der Waals surface area contributed by atoms with Crippen LogP contribution in [0.4, 0.5) is 0 Å². The highest BCUT2D eigenvalue weighted by atomic mass is 35.5. The highest BCUT2D eigenvalue weighted by Crippen LogP contribution is 2.45. The van der Waals surface area contributed by atoms with Gasteiger partial charge in [0.05, 0.1) is 23.6 Å². The molecule has 1 aromatic carbocycles. The maximum atomic E-state index is 6.01. The fourth-order valence-corrected chi connectivity index (χ4v) is 3.49. The van der Waals surface area contributed by atoms with Gasteiger partial charge in [0, 0.05) is 29.3 Å². The van der Waals surface area contributed by atoms with Gasteiger partial charge >= 0.3 is 0 Å². The number of aromatic nitrogens is 3. The number of halogens is 1. The quantitative estimate of drug-likeness (QED) is 0.477. The number of nitrogens with zero attached hydrogens (tertiary/aromatic N) is 2. The number of aromatic amines is 1. The number of fused-ring (bicyclic) bond motifs is 3. The van der Waals surface area contributed by atoms with Crippen molar-refractivity contribution in [2.45, 2.75) is 46.3 Å². The van der Waals surface area contributed by atoms with Crippen LogP contribution in [-0.2, 0) is 6.42 Å². The third kappa shape index (κ3) is 3.39. The Labute approximate surface area is 163 Å². The van der Waals surface area contributed by atoms with Crippen molar-refractivity contribution in [3.05, 3.63) is 46.7 Å². The van der Waals surface area contributed by atoms with Crippen LogP contribution in [0.3, 0.4) is 0 Å². The lowest BCUT2D eigenvalue weighted by molar-refractivity contribution is 0.199. The molecule has 1 N–H and O–H groups in total. The number of hydrogen-bond acceptors (Lipinski definition) is 4. The monoisotopic (exact) mass is 383 g/mol. The summed E-state index contributed by atoms with van der Waals surface area (Å²) in [5.41, 5.74) is 6.35. The van der Waals surface area contributed by atoms with E-state index in [-0.39, 0.29) is 12.2 Å². The molecule has 0 bridgehead atoms. The number of H-pyrrole nitrogens is 1. The Morgan fingerprint density at radius 1 is 1.04 bits per heavy atom. The minimum absolute atomic E-state index is 0.0657. The topological polar surface area (TPSA) is 60.0 Å². The molecule has 2 heterocycles. The van der Waals surface area contributed by atoms with Gasteiger partial charge in [-0.05, 0) is 57.5 Å². The van der Waals surface area contributed by atoms with Crippen molar-refractivity contribution in [3.8, 4) is 34.0 Å². The Morgan fingerprint density at radius 3 is 2.37 bits per heavy atom. The van der Waals surface area contributed by atoms with Crippen LogP contribution in [0.25, 0.3) is 22.5 Å². The predicted molar refractivity (Wildman–Crippen MR) is 107 cm³/mol. The largest absolute Gasteiger partial charge is 0.487 e. The van der Waals surface area contributed by atoms with E-state index < -0.39 is 0 Å². The summed E-state index contributed by atoms with van der Waals surface area (Å²) >= 11 is 5.91. The SMILES string of the molecule is CC(C)Oc1cc2c(cc1OC(C)C)-c1[nH]nc(-c3ccc(Cl)nc3)c1C2. The molecule has 2 aromatic heterocycles. The van der Waals surface area contributed by atoms with Gasteiger partial charge in [-0.25, -0.2) is 4.98 Å². The van der Waals surface area contributed by atoms with E-state index in [4.69, 9.17) is 21.1 Å². The first kappa shape index (κ1) is 17.9. The number of pyridine rings is 1. The number of benzene rings is 1. The number of ether oxygens (including phenoxy) is 2. The first-order chi connectivity index (χ1) is 12.9. The standard InChI is InChI=1S/C21H22ClN3O2/c1-11(2)26-17-8-14-7-16-20(13-5-6-19(22)23-10-13)24-25-21(16)15(14)9-18(17)27-12(3)4/h5-6,8-12H,7H2,1-4H3,(H,24,25). The second-order valence-electron chi connectivity index (χ2n) is 7.26. The highest BCUT2D eigenvalue weighted by molar-refractivity contribution is 6.29. The number of rotatable bonds is 5. The molecule has 4 rings (SSSR count). The van der Waals surface area contributed by atoms with Gasteiger partial charge in [-0.1, -0.05) is 11.6 Å². The van der Waals surface area contributed by atoms with Crippen LogP contribution in [0, 0.1) is 0 Å². The van der Waals surface area contributed by atoms with Crippen LogP contribution in [0.1, 0.15) is 38.8 Å². The molecule has 27 heavy (non-hydrogen) atoms. The average Bonchev–Trinajstić information content (AvgIpc) is 3.14. The van der Waals surface area contributed by atoms with E-state index in [0.717, 1.165) is 46.0 Å².